The molecule has 1 aliphatic rings. The average Bonchev–Trinajstić information content (AvgIpc) is 2.27. The van der Waals surface area contributed by atoms with Gasteiger partial charge in [0, 0.05) is 5.25 Å². The van der Waals surface area contributed by atoms with E-state index in [9.17, 15) is 4.79 Å². The van der Waals surface area contributed by atoms with E-state index in [1.807, 2.05) is 18.7 Å². The molecule has 1 amide bonds. The van der Waals surface area contributed by atoms with Gasteiger partial charge in [-0.05, 0) is 43.9 Å². The summed E-state index contributed by atoms with van der Waals surface area (Å²) >= 11 is 2.00. The summed E-state index contributed by atoms with van der Waals surface area (Å²) in [5, 5.41) is 3.91. The molecule has 1 aliphatic carbocycles. The summed E-state index contributed by atoms with van der Waals surface area (Å²) in [6, 6.07) is 0. The van der Waals surface area contributed by atoms with Gasteiger partial charge < -0.3 is 11.1 Å². The van der Waals surface area contributed by atoms with E-state index in [-0.39, 0.29) is 5.91 Å². The highest BCUT2D eigenvalue weighted by molar-refractivity contribution is 7.99. The van der Waals surface area contributed by atoms with Gasteiger partial charge in [0.15, 0.2) is 0 Å². The number of carbonyl (C=O) groups is 1. The maximum atomic E-state index is 11.7. The van der Waals surface area contributed by atoms with Gasteiger partial charge in [0.2, 0.25) is 5.91 Å². The molecule has 0 bridgehead atoms. The number of amides is 1. The maximum absolute atomic E-state index is 11.7. The number of nitrogens with two attached hydrogens (primary N) is 1. The summed E-state index contributed by atoms with van der Waals surface area (Å²) in [7, 11) is 0. The van der Waals surface area contributed by atoms with Crippen LogP contribution >= 0.6 is 11.8 Å². The molecule has 0 aromatic rings. The first-order valence-corrected chi connectivity index (χ1v) is 7.71. The molecule has 2 atom stereocenters. The lowest BCUT2D eigenvalue weighted by Crippen LogP contribution is -2.58. The van der Waals surface area contributed by atoms with Crippen LogP contribution < -0.4 is 11.1 Å². The van der Waals surface area contributed by atoms with Crippen LogP contribution in [-0.2, 0) is 4.79 Å². The number of carbonyl (C=O) groups excluding carboxylic acids is 1. The number of thioether (sulfide) groups is 1. The standard InChI is InChI=1S/C13H26N2OS/c1-4-15-13(12(14)16)7-5-6-11(8-13)17-9-10(2)3/h10-11,15H,4-9H2,1-3H3,(H2,14,16). The molecule has 4 heteroatoms. The number of likely N-dealkylation sites (N-methyl/N-ethyl adjacent to an activating group) is 1. The van der Waals surface area contributed by atoms with Crippen molar-refractivity contribution in [3.05, 3.63) is 0 Å². The number of nitrogens with one attached hydrogen (secondary N) is 1. The Bertz CT molecular complexity index is 254. The molecule has 0 saturated heterocycles. The predicted octanol–water partition coefficient (Wildman–Crippen LogP) is 2.15. The Morgan fingerprint density at radius 1 is 1.59 bits per heavy atom. The minimum atomic E-state index is -0.443. The van der Waals surface area contributed by atoms with Crippen LogP contribution in [0.5, 0.6) is 0 Å². The summed E-state index contributed by atoms with van der Waals surface area (Å²) in [6.07, 6.45) is 4.12. The van der Waals surface area contributed by atoms with Crippen LogP contribution in [0.25, 0.3) is 0 Å². The van der Waals surface area contributed by atoms with Crippen LogP contribution in [0, 0.1) is 5.92 Å². The quantitative estimate of drug-likeness (QED) is 0.767. The number of rotatable bonds is 6. The van der Waals surface area contributed by atoms with Gasteiger partial charge in [-0.1, -0.05) is 20.8 Å². The third-order valence-electron chi connectivity index (χ3n) is 3.36. The van der Waals surface area contributed by atoms with Gasteiger partial charge >= 0.3 is 0 Å². The number of hydrogen-bond acceptors (Lipinski definition) is 3. The fourth-order valence-corrected chi connectivity index (χ4v) is 3.90. The number of hydrogen-bond donors (Lipinski definition) is 2. The molecule has 1 fully saturated rings. The molecule has 3 N–H and O–H groups in total. The van der Waals surface area contributed by atoms with Crippen LogP contribution in [0.15, 0.2) is 0 Å². The van der Waals surface area contributed by atoms with Crippen molar-refractivity contribution >= 4 is 17.7 Å². The topological polar surface area (TPSA) is 55.1 Å². The molecule has 0 heterocycles. The van der Waals surface area contributed by atoms with Crippen LogP contribution in [0.2, 0.25) is 0 Å². The lowest BCUT2D eigenvalue weighted by molar-refractivity contribution is -0.125. The van der Waals surface area contributed by atoms with Crippen LogP contribution in [0.4, 0.5) is 0 Å². The van der Waals surface area contributed by atoms with E-state index in [1.165, 1.54) is 12.2 Å². The highest BCUT2D eigenvalue weighted by Crippen LogP contribution is 2.35. The van der Waals surface area contributed by atoms with E-state index in [0.717, 1.165) is 25.8 Å². The second-order valence-corrected chi connectivity index (χ2v) is 6.76. The van der Waals surface area contributed by atoms with Crippen LogP contribution in [-0.4, -0.2) is 29.0 Å². The van der Waals surface area contributed by atoms with Crippen molar-refractivity contribution in [1.82, 2.24) is 5.32 Å². The van der Waals surface area contributed by atoms with E-state index >= 15 is 0 Å². The molecule has 0 aliphatic heterocycles. The third-order valence-corrected chi connectivity index (χ3v) is 5.09. The highest BCUT2D eigenvalue weighted by Gasteiger charge is 2.40. The normalized spacial score (nSPS) is 29.5. The fraction of sp³-hybridized carbons (Fsp3) is 0.923. The lowest BCUT2D eigenvalue weighted by atomic mass is 9.80. The lowest BCUT2D eigenvalue weighted by Gasteiger charge is -2.39. The summed E-state index contributed by atoms with van der Waals surface area (Å²) in [5.41, 5.74) is 5.15. The van der Waals surface area contributed by atoms with Crippen molar-refractivity contribution in [2.24, 2.45) is 11.7 Å². The first-order chi connectivity index (χ1) is 8.00. The van der Waals surface area contributed by atoms with Crippen molar-refractivity contribution in [3.8, 4) is 0 Å². The molecule has 1 saturated carbocycles. The molecule has 3 nitrogen and oxygen atoms in total. The fourth-order valence-electron chi connectivity index (χ4n) is 2.50. The third kappa shape index (κ3) is 4.18. The van der Waals surface area contributed by atoms with Crippen LogP contribution in [0.1, 0.15) is 46.5 Å². The zero-order valence-electron chi connectivity index (χ0n) is 11.3. The Kier molecular flexibility index (Phi) is 5.80. The summed E-state index contributed by atoms with van der Waals surface area (Å²) in [6.45, 7) is 7.32. The molecule has 100 valence electrons. The minimum Gasteiger partial charge on any atom is -0.368 e. The van der Waals surface area contributed by atoms with Gasteiger partial charge in [-0.2, -0.15) is 11.8 Å². The van der Waals surface area contributed by atoms with E-state index in [0.29, 0.717) is 11.2 Å². The Morgan fingerprint density at radius 2 is 2.29 bits per heavy atom. The first kappa shape index (κ1) is 14.8. The van der Waals surface area contributed by atoms with Gasteiger partial charge in [-0.15, -0.1) is 0 Å². The van der Waals surface area contributed by atoms with Crippen molar-refractivity contribution in [2.45, 2.75) is 57.2 Å². The summed E-state index contributed by atoms with van der Waals surface area (Å²) < 4.78 is 0. The van der Waals surface area contributed by atoms with E-state index in [1.54, 1.807) is 0 Å². The largest absolute Gasteiger partial charge is 0.368 e. The van der Waals surface area contributed by atoms with Gasteiger partial charge in [-0.3, -0.25) is 4.79 Å². The zero-order valence-corrected chi connectivity index (χ0v) is 12.1. The molecular formula is C13H26N2OS. The second-order valence-electron chi connectivity index (χ2n) is 5.42. The minimum absolute atomic E-state index is 0.172. The van der Waals surface area contributed by atoms with Crippen molar-refractivity contribution in [1.29, 1.82) is 0 Å². The first-order valence-electron chi connectivity index (χ1n) is 6.66. The highest BCUT2D eigenvalue weighted by atomic mass is 32.2. The smallest absolute Gasteiger partial charge is 0.237 e. The van der Waals surface area contributed by atoms with Crippen molar-refractivity contribution in [3.63, 3.8) is 0 Å². The molecule has 0 aromatic heterocycles. The second kappa shape index (κ2) is 6.64. The van der Waals surface area contributed by atoms with E-state index < -0.39 is 5.54 Å². The van der Waals surface area contributed by atoms with Crippen molar-refractivity contribution in [2.75, 3.05) is 12.3 Å². The van der Waals surface area contributed by atoms with Gasteiger partial charge in [0.05, 0.1) is 5.54 Å². The van der Waals surface area contributed by atoms with Crippen LogP contribution in [0.3, 0.4) is 0 Å². The Hall–Kier alpha value is -0.220. The molecule has 1 rings (SSSR count). The van der Waals surface area contributed by atoms with Gasteiger partial charge in [0.25, 0.3) is 0 Å². The Morgan fingerprint density at radius 3 is 2.82 bits per heavy atom. The SMILES string of the molecule is CCNC1(C(N)=O)CCCC(SCC(C)C)C1. The molecule has 0 radical (unpaired) electrons. The molecule has 17 heavy (non-hydrogen) atoms. The summed E-state index contributed by atoms with van der Waals surface area (Å²) in [5.74, 6) is 1.71. The van der Waals surface area contributed by atoms with Gasteiger partial charge in [0.1, 0.15) is 0 Å². The van der Waals surface area contributed by atoms with Gasteiger partial charge in [-0.25, -0.2) is 0 Å². The van der Waals surface area contributed by atoms with Crippen molar-refractivity contribution < 1.29 is 4.79 Å². The molecule has 0 spiro atoms. The predicted molar refractivity (Wildman–Crippen MR) is 75.2 cm³/mol. The zero-order chi connectivity index (χ0) is 12.9. The van der Waals surface area contributed by atoms with E-state index in [2.05, 4.69) is 19.2 Å². The average molecular weight is 258 g/mol. The monoisotopic (exact) mass is 258 g/mol. The molecule has 0 aromatic carbocycles. The maximum Gasteiger partial charge on any atom is 0.237 e. The molecular weight excluding hydrogens is 232 g/mol. The number of primary amides is 1. The summed E-state index contributed by atoms with van der Waals surface area (Å²) in [4.78, 5) is 11.7. The molecule has 2 unspecified atom stereocenters. The Balaban J connectivity index is 2.58. The Labute approximate surface area is 109 Å². The van der Waals surface area contributed by atoms with E-state index in [4.69, 9.17) is 5.73 Å².